The number of rotatable bonds is 4. The molecular formula is C11H21BN2O3. The summed E-state index contributed by atoms with van der Waals surface area (Å²) < 4.78 is 0. The SMILES string of the molecule is O=C(CC[C@@H]1CCNC1)N1CCC[C@H]1B(O)O. The first-order valence-corrected chi connectivity index (χ1v) is 6.55. The predicted molar refractivity (Wildman–Crippen MR) is 65.1 cm³/mol. The Morgan fingerprint density at radius 3 is 2.88 bits per heavy atom. The summed E-state index contributed by atoms with van der Waals surface area (Å²) in [6.07, 6.45) is 4.18. The lowest BCUT2D eigenvalue weighted by Gasteiger charge is -2.24. The standard InChI is InChI=1S/C11H21BN2O3/c15-11(4-3-9-5-6-13-8-9)14-7-1-2-10(14)12(16)17/h9-10,13,16-17H,1-8H2/t9-,10+/m1/s1. The van der Waals surface area contributed by atoms with E-state index in [0.29, 0.717) is 25.3 Å². The Balaban J connectivity index is 1.78. The van der Waals surface area contributed by atoms with E-state index in [1.807, 2.05) is 0 Å². The molecule has 1 amide bonds. The summed E-state index contributed by atoms with van der Waals surface area (Å²) in [7, 11) is -1.39. The molecule has 0 unspecified atom stereocenters. The molecule has 3 N–H and O–H groups in total. The smallest absolute Gasteiger partial charge is 0.426 e. The van der Waals surface area contributed by atoms with Gasteiger partial charge in [0, 0.05) is 13.0 Å². The molecule has 0 radical (unpaired) electrons. The molecule has 0 saturated carbocycles. The zero-order valence-electron chi connectivity index (χ0n) is 10.1. The van der Waals surface area contributed by atoms with Gasteiger partial charge in [-0.05, 0) is 44.7 Å². The quantitative estimate of drug-likeness (QED) is 0.572. The van der Waals surface area contributed by atoms with E-state index in [0.717, 1.165) is 32.4 Å². The summed E-state index contributed by atoms with van der Waals surface area (Å²) in [6, 6.07) is 0. The van der Waals surface area contributed by atoms with Crippen LogP contribution in [0.4, 0.5) is 0 Å². The van der Waals surface area contributed by atoms with Gasteiger partial charge in [0.2, 0.25) is 5.91 Å². The minimum absolute atomic E-state index is 0.0764. The highest BCUT2D eigenvalue weighted by Gasteiger charge is 2.36. The fraction of sp³-hybridized carbons (Fsp3) is 0.909. The molecule has 2 rings (SSSR count). The summed E-state index contributed by atoms with van der Waals surface area (Å²) >= 11 is 0. The van der Waals surface area contributed by atoms with Crippen molar-refractivity contribution in [2.45, 2.75) is 38.0 Å². The van der Waals surface area contributed by atoms with Crippen molar-refractivity contribution in [3.63, 3.8) is 0 Å². The predicted octanol–water partition coefficient (Wildman–Crippen LogP) is -0.621. The third-order valence-corrected chi connectivity index (χ3v) is 3.89. The molecule has 2 atom stereocenters. The van der Waals surface area contributed by atoms with E-state index in [1.54, 1.807) is 4.90 Å². The number of amides is 1. The second-order valence-electron chi connectivity index (χ2n) is 5.11. The molecule has 0 aromatic rings. The van der Waals surface area contributed by atoms with Gasteiger partial charge in [-0.1, -0.05) is 0 Å². The minimum Gasteiger partial charge on any atom is -0.426 e. The van der Waals surface area contributed by atoms with E-state index in [4.69, 9.17) is 0 Å². The van der Waals surface area contributed by atoms with Gasteiger partial charge in [0.15, 0.2) is 0 Å². The van der Waals surface area contributed by atoms with Crippen LogP contribution in [-0.2, 0) is 4.79 Å². The van der Waals surface area contributed by atoms with Crippen LogP contribution in [0.3, 0.4) is 0 Å². The summed E-state index contributed by atoms with van der Waals surface area (Å²) in [6.45, 7) is 2.74. The molecule has 6 heteroatoms. The van der Waals surface area contributed by atoms with Crippen molar-refractivity contribution in [1.82, 2.24) is 10.2 Å². The van der Waals surface area contributed by atoms with Gasteiger partial charge in [-0.2, -0.15) is 0 Å². The fourth-order valence-electron chi connectivity index (χ4n) is 2.84. The van der Waals surface area contributed by atoms with Gasteiger partial charge in [-0.3, -0.25) is 4.79 Å². The number of hydrogen-bond acceptors (Lipinski definition) is 4. The van der Waals surface area contributed by atoms with E-state index in [-0.39, 0.29) is 11.8 Å². The maximum Gasteiger partial charge on any atom is 0.475 e. The van der Waals surface area contributed by atoms with Gasteiger partial charge >= 0.3 is 7.12 Å². The Bertz CT molecular complexity index is 269. The summed E-state index contributed by atoms with van der Waals surface area (Å²) in [5, 5.41) is 21.7. The summed E-state index contributed by atoms with van der Waals surface area (Å²) in [5.74, 6) is 0.302. The van der Waals surface area contributed by atoms with Gasteiger partial charge in [-0.25, -0.2) is 0 Å². The average molecular weight is 240 g/mol. The Hall–Kier alpha value is -0.585. The lowest BCUT2D eigenvalue weighted by Crippen LogP contribution is -2.45. The lowest BCUT2D eigenvalue weighted by atomic mass is 9.78. The molecule has 0 bridgehead atoms. The molecule has 0 aromatic carbocycles. The van der Waals surface area contributed by atoms with Crippen molar-refractivity contribution in [2.75, 3.05) is 19.6 Å². The van der Waals surface area contributed by atoms with Crippen LogP contribution in [0.25, 0.3) is 0 Å². The summed E-state index contributed by atoms with van der Waals surface area (Å²) in [4.78, 5) is 13.6. The van der Waals surface area contributed by atoms with Crippen LogP contribution in [0.2, 0.25) is 0 Å². The van der Waals surface area contributed by atoms with Crippen LogP contribution in [0.15, 0.2) is 0 Å². The Morgan fingerprint density at radius 2 is 2.24 bits per heavy atom. The van der Waals surface area contributed by atoms with Crippen molar-refractivity contribution in [1.29, 1.82) is 0 Å². The van der Waals surface area contributed by atoms with E-state index < -0.39 is 7.12 Å². The zero-order valence-corrected chi connectivity index (χ0v) is 10.1. The number of nitrogens with one attached hydrogen (secondary N) is 1. The van der Waals surface area contributed by atoms with Crippen LogP contribution in [0.5, 0.6) is 0 Å². The second-order valence-corrected chi connectivity index (χ2v) is 5.11. The normalized spacial score (nSPS) is 28.7. The molecule has 2 saturated heterocycles. The first-order valence-electron chi connectivity index (χ1n) is 6.55. The first kappa shape index (κ1) is 12.9. The van der Waals surface area contributed by atoms with E-state index in [2.05, 4.69) is 5.32 Å². The van der Waals surface area contributed by atoms with Gasteiger partial charge in [0.05, 0.1) is 5.94 Å². The molecule has 5 nitrogen and oxygen atoms in total. The number of hydrogen-bond donors (Lipinski definition) is 3. The second kappa shape index (κ2) is 5.84. The molecule has 2 aliphatic heterocycles. The molecule has 2 fully saturated rings. The molecule has 2 aliphatic rings. The lowest BCUT2D eigenvalue weighted by molar-refractivity contribution is -0.131. The van der Waals surface area contributed by atoms with E-state index >= 15 is 0 Å². The highest BCUT2D eigenvalue weighted by molar-refractivity contribution is 6.43. The van der Waals surface area contributed by atoms with E-state index in [9.17, 15) is 14.8 Å². The third kappa shape index (κ3) is 3.21. The fourth-order valence-corrected chi connectivity index (χ4v) is 2.84. The third-order valence-electron chi connectivity index (χ3n) is 3.89. The Labute approximate surface area is 102 Å². The number of likely N-dealkylation sites (tertiary alicyclic amines) is 1. The van der Waals surface area contributed by atoms with Gasteiger partial charge < -0.3 is 20.3 Å². The van der Waals surface area contributed by atoms with Gasteiger partial charge in [-0.15, -0.1) is 0 Å². The van der Waals surface area contributed by atoms with Crippen molar-refractivity contribution in [3.05, 3.63) is 0 Å². The van der Waals surface area contributed by atoms with Crippen molar-refractivity contribution in [2.24, 2.45) is 5.92 Å². The summed E-state index contributed by atoms with van der Waals surface area (Å²) in [5.41, 5.74) is 0. The zero-order chi connectivity index (χ0) is 12.3. The Kier molecular flexibility index (Phi) is 4.42. The highest BCUT2D eigenvalue weighted by atomic mass is 16.4. The van der Waals surface area contributed by atoms with Crippen LogP contribution in [-0.4, -0.2) is 53.5 Å². The number of carbonyl (C=O) groups excluding carboxylic acids is 1. The molecular weight excluding hydrogens is 219 g/mol. The molecule has 17 heavy (non-hydrogen) atoms. The number of carbonyl (C=O) groups is 1. The van der Waals surface area contributed by atoms with Crippen LogP contribution in [0.1, 0.15) is 32.1 Å². The maximum absolute atomic E-state index is 12.0. The van der Waals surface area contributed by atoms with Crippen LogP contribution >= 0.6 is 0 Å². The Morgan fingerprint density at radius 1 is 1.41 bits per heavy atom. The van der Waals surface area contributed by atoms with Crippen LogP contribution < -0.4 is 5.32 Å². The van der Waals surface area contributed by atoms with Crippen LogP contribution in [0, 0.1) is 5.92 Å². The molecule has 0 aliphatic carbocycles. The molecule has 0 aromatic heterocycles. The van der Waals surface area contributed by atoms with E-state index in [1.165, 1.54) is 0 Å². The highest BCUT2D eigenvalue weighted by Crippen LogP contribution is 2.21. The van der Waals surface area contributed by atoms with Gasteiger partial charge in [0.25, 0.3) is 0 Å². The number of nitrogens with zero attached hydrogens (tertiary/aromatic N) is 1. The topological polar surface area (TPSA) is 72.8 Å². The van der Waals surface area contributed by atoms with Gasteiger partial charge in [0.1, 0.15) is 0 Å². The maximum atomic E-state index is 12.0. The average Bonchev–Trinajstić information content (AvgIpc) is 2.96. The molecule has 0 spiro atoms. The van der Waals surface area contributed by atoms with Crippen molar-refractivity contribution >= 4 is 13.0 Å². The van der Waals surface area contributed by atoms with Crippen molar-refractivity contribution in [3.8, 4) is 0 Å². The largest absolute Gasteiger partial charge is 0.475 e. The monoisotopic (exact) mass is 240 g/mol. The van der Waals surface area contributed by atoms with Crippen molar-refractivity contribution < 1.29 is 14.8 Å². The molecule has 96 valence electrons. The minimum atomic E-state index is -1.39. The first-order chi connectivity index (χ1) is 8.18. The molecule has 2 heterocycles.